The van der Waals surface area contributed by atoms with Crippen molar-refractivity contribution in [2.24, 2.45) is 5.92 Å². The highest BCUT2D eigenvalue weighted by Gasteiger charge is 2.27. The smallest absolute Gasteiger partial charge is 0.462 e. The molecule has 0 fully saturated rings. The van der Waals surface area contributed by atoms with Gasteiger partial charge in [-0.2, -0.15) is 0 Å². The average molecular weight is 887 g/mol. The summed E-state index contributed by atoms with van der Waals surface area (Å²) in [7, 11) is -4.69. The van der Waals surface area contributed by atoms with E-state index in [4.69, 9.17) is 19.1 Å². The van der Waals surface area contributed by atoms with Gasteiger partial charge in [-0.3, -0.25) is 18.6 Å². The van der Waals surface area contributed by atoms with Gasteiger partial charge in [0.25, 0.3) is 0 Å². The maximum absolute atomic E-state index is 12.6. The van der Waals surface area contributed by atoms with E-state index in [1.54, 1.807) is 18.2 Å². The summed E-state index contributed by atoms with van der Waals surface area (Å²) in [5, 5.41) is 38.6. The second kappa shape index (κ2) is 41.8. The number of aliphatic hydroxyl groups is 4. The van der Waals surface area contributed by atoms with E-state index in [0.717, 1.165) is 50.9 Å². The summed E-state index contributed by atoms with van der Waals surface area (Å²) in [6.07, 6.45) is 37.2. The number of hydrogen-bond acceptors (Lipinski definition) is 11. The first kappa shape index (κ1) is 58.9. The molecule has 61 heavy (non-hydrogen) atoms. The molecular formula is C48H87O12P. The fraction of sp³-hybridized carbons (Fsp3) is 0.792. The molecule has 0 aliphatic carbocycles. The molecule has 0 aliphatic rings. The summed E-state index contributed by atoms with van der Waals surface area (Å²) in [5.74, 6) is -0.324. The van der Waals surface area contributed by atoms with Crippen LogP contribution in [0.1, 0.15) is 188 Å². The number of allylic oxidation sites excluding steroid dienone is 6. The molecule has 0 spiro atoms. The Morgan fingerprint density at radius 2 is 1.03 bits per heavy atom. The number of phosphoric acid groups is 1. The van der Waals surface area contributed by atoms with E-state index < -0.39 is 70.6 Å². The first-order valence-electron chi connectivity index (χ1n) is 23.7. The minimum atomic E-state index is -4.69. The average Bonchev–Trinajstić information content (AvgIpc) is 3.22. The van der Waals surface area contributed by atoms with Crippen molar-refractivity contribution < 1.29 is 58.0 Å². The van der Waals surface area contributed by atoms with Crippen LogP contribution < -0.4 is 0 Å². The lowest BCUT2D eigenvalue weighted by Crippen LogP contribution is -2.30. The van der Waals surface area contributed by atoms with E-state index in [0.29, 0.717) is 19.3 Å². The van der Waals surface area contributed by atoms with Gasteiger partial charge in [0, 0.05) is 12.8 Å². The van der Waals surface area contributed by atoms with Gasteiger partial charge in [-0.25, -0.2) is 4.57 Å². The maximum Gasteiger partial charge on any atom is 0.472 e. The number of unbranched alkanes of at least 4 members (excludes halogenated alkanes) is 17. The number of aliphatic hydroxyl groups excluding tert-OH is 4. The van der Waals surface area contributed by atoms with E-state index in [9.17, 15) is 34.4 Å². The monoisotopic (exact) mass is 887 g/mol. The summed E-state index contributed by atoms with van der Waals surface area (Å²) in [5.41, 5.74) is 0. The van der Waals surface area contributed by atoms with Crippen molar-refractivity contribution in [1.82, 2.24) is 0 Å². The molecule has 0 aliphatic heterocycles. The molecule has 0 radical (unpaired) electrons. The Morgan fingerprint density at radius 1 is 0.574 bits per heavy atom. The van der Waals surface area contributed by atoms with Crippen LogP contribution in [-0.2, 0) is 32.7 Å². The summed E-state index contributed by atoms with van der Waals surface area (Å²) < 4.78 is 32.6. The van der Waals surface area contributed by atoms with Crippen molar-refractivity contribution in [2.75, 3.05) is 26.4 Å². The number of carbonyl (C=O) groups is 2. The van der Waals surface area contributed by atoms with Crippen LogP contribution in [0.4, 0.5) is 0 Å². The zero-order chi connectivity index (χ0) is 45.2. The predicted octanol–water partition coefficient (Wildman–Crippen LogP) is 10.7. The fourth-order valence-electron chi connectivity index (χ4n) is 6.39. The van der Waals surface area contributed by atoms with Crippen LogP contribution in [0.25, 0.3) is 0 Å². The molecule has 13 heteroatoms. The normalized spacial score (nSPS) is 15.3. The van der Waals surface area contributed by atoms with Gasteiger partial charge in [-0.05, 0) is 38.0 Å². The Labute approximate surface area is 369 Å². The molecule has 0 aromatic heterocycles. The molecule has 0 saturated heterocycles. The second-order valence-electron chi connectivity index (χ2n) is 16.7. The summed E-state index contributed by atoms with van der Waals surface area (Å²) in [6, 6.07) is 0. The third-order valence-electron chi connectivity index (χ3n) is 10.1. The minimum Gasteiger partial charge on any atom is -0.462 e. The third kappa shape index (κ3) is 42.9. The van der Waals surface area contributed by atoms with Gasteiger partial charge in [-0.15, -0.1) is 0 Å². The van der Waals surface area contributed by atoms with Crippen LogP contribution in [0.3, 0.4) is 0 Å². The Balaban J connectivity index is 4.44. The molecule has 0 aromatic carbocycles. The van der Waals surface area contributed by atoms with Gasteiger partial charge >= 0.3 is 19.8 Å². The van der Waals surface area contributed by atoms with Gasteiger partial charge in [0.1, 0.15) is 12.7 Å². The number of esters is 2. The lowest BCUT2D eigenvalue weighted by Gasteiger charge is -2.20. The molecule has 0 heterocycles. The van der Waals surface area contributed by atoms with E-state index in [2.05, 4.69) is 25.3 Å². The Morgan fingerprint density at radius 3 is 1.54 bits per heavy atom. The number of ether oxygens (including phenoxy) is 2. The van der Waals surface area contributed by atoms with Crippen molar-refractivity contribution in [1.29, 1.82) is 0 Å². The SMILES string of the molecule is CCCCC[C@@H](O)/C=C/C=C\C/C=C\C=C\[C@@H](O)CCCC(=O)O[C@H](COC(=O)CCCCCCCCCCCCCCCCCCC(C)C)COP(=O)(O)OC[C@@H](O)CO. The van der Waals surface area contributed by atoms with Crippen molar-refractivity contribution in [3.05, 3.63) is 48.6 Å². The molecule has 0 bridgehead atoms. The molecule has 5 atom stereocenters. The van der Waals surface area contributed by atoms with Gasteiger partial charge < -0.3 is 34.8 Å². The van der Waals surface area contributed by atoms with Gasteiger partial charge in [0.05, 0.1) is 32.0 Å². The molecular weight excluding hydrogens is 799 g/mol. The number of rotatable bonds is 43. The second-order valence-corrected chi connectivity index (χ2v) is 18.1. The third-order valence-corrected chi connectivity index (χ3v) is 11.1. The lowest BCUT2D eigenvalue weighted by atomic mass is 10.0. The maximum atomic E-state index is 12.6. The molecule has 0 aromatic rings. The molecule has 5 N–H and O–H groups in total. The first-order chi connectivity index (χ1) is 29.4. The summed E-state index contributed by atoms with van der Waals surface area (Å²) in [4.78, 5) is 35.1. The highest BCUT2D eigenvalue weighted by Crippen LogP contribution is 2.43. The molecule has 356 valence electrons. The van der Waals surface area contributed by atoms with Crippen LogP contribution in [0.5, 0.6) is 0 Å². The Hall–Kier alpha value is -2.15. The van der Waals surface area contributed by atoms with Crippen LogP contribution in [0, 0.1) is 5.92 Å². The highest BCUT2D eigenvalue weighted by molar-refractivity contribution is 7.47. The minimum absolute atomic E-state index is 0.0638. The van der Waals surface area contributed by atoms with Crippen molar-refractivity contribution in [3.8, 4) is 0 Å². The van der Waals surface area contributed by atoms with Crippen LogP contribution >= 0.6 is 7.82 Å². The van der Waals surface area contributed by atoms with E-state index in [1.165, 1.54) is 83.5 Å². The van der Waals surface area contributed by atoms with Crippen LogP contribution in [0.2, 0.25) is 0 Å². The van der Waals surface area contributed by atoms with E-state index in [1.807, 2.05) is 30.4 Å². The zero-order valence-electron chi connectivity index (χ0n) is 38.3. The van der Waals surface area contributed by atoms with E-state index >= 15 is 0 Å². The zero-order valence-corrected chi connectivity index (χ0v) is 39.2. The Bertz CT molecular complexity index is 1200. The van der Waals surface area contributed by atoms with Gasteiger partial charge in [0.15, 0.2) is 6.10 Å². The topological polar surface area (TPSA) is 189 Å². The molecule has 0 rings (SSSR count). The molecule has 0 amide bonds. The predicted molar refractivity (Wildman–Crippen MR) is 245 cm³/mol. The first-order valence-corrected chi connectivity index (χ1v) is 25.2. The highest BCUT2D eigenvalue weighted by atomic mass is 31.2. The molecule has 0 saturated carbocycles. The van der Waals surface area contributed by atoms with Crippen molar-refractivity contribution in [3.63, 3.8) is 0 Å². The molecule has 1 unspecified atom stereocenters. The number of hydrogen-bond donors (Lipinski definition) is 5. The van der Waals surface area contributed by atoms with E-state index in [-0.39, 0.29) is 19.3 Å². The van der Waals surface area contributed by atoms with Crippen molar-refractivity contribution >= 4 is 19.8 Å². The summed E-state index contributed by atoms with van der Waals surface area (Å²) in [6.45, 7) is 4.37. The quantitative estimate of drug-likeness (QED) is 0.0169. The largest absolute Gasteiger partial charge is 0.472 e. The van der Waals surface area contributed by atoms with Gasteiger partial charge in [0.2, 0.25) is 0 Å². The standard InChI is InChI=1S/C48H87O12P/c1-4-5-25-32-43(50)33-27-22-18-16-19-23-28-34-44(51)35-30-37-48(54)60-46(41-59-61(55,56)58-39-45(52)38-49)40-57-47(53)36-29-24-20-15-13-11-9-7-6-8-10-12-14-17-21-26-31-42(2)3/h18-19,22-23,27-28,33-34,42-46,49-52H,4-17,20-21,24-26,29-32,35-41H2,1-3H3,(H,55,56)/b22-18-,23-19-,33-27+,34-28+/t43-,44-,45+,46-/m1/s1. The van der Waals surface area contributed by atoms with Crippen LogP contribution in [-0.4, -0.2) is 88.1 Å². The van der Waals surface area contributed by atoms with Gasteiger partial charge in [-0.1, -0.05) is 191 Å². The molecule has 12 nitrogen and oxygen atoms in total. The number of phosphoric ester groups is 1. The number of carbonyl (C=O) groups excluding carboxylic acids is 2. The Kier molecular flexibility index (Phi) is 40.4. The summed E-state index contributed by atoms with van der Waals surface area (Å²) >= 11 is 0. The van der Waals surface area contributed by atoms with Crippen molar-refractivity contribution in [2.45, 2.75) is 212 Å². The van der Waals surface area contributed by atoms with Crippen LogP contribution in [0.15, 0.2) is 48.6 Å². The fourth-order valence-corrected chi connectivity index (χ4v) is 7.18. The lowest BCUT2D eigenvalue weighted by molar-refractivity contribution is -0.161.